The number of aryl methyl sites for hydroxylation is 1. The van der Waals surface area contributed by atoms with Crippen LogP contribution >= 0.6 is 34.8 Å². The van der Waals surface area contributed by atoms with Crippen LogP contribution < -0.4 is 0 Å². The van der Waals surface area contributed by atoms with Gasteiger partial charge in [0.05, 0.1) is 5.52 Å². The third-order valence-electron chi connectivity index (χ3n) is 3.04. The van der Waals surface area contributed by atoms with Crippen molar-refractivity contribution in [1.29, 1.82) is 0 Å². The summed E-state index contributed by atoms with van der Waals surface area (Å²) in [6, 6.07) is 11.1. The standard InChI is InChI=1S/C15H9Cl3N2/c1-8-2-3-9(6-12(8)17)15-19-13-5-4-10(16)7-11(13)14(18)20-15/h2-7H,1H3. The Morgan fingerprint density at radius 2 is 1.70 bits per heavy atom. The lowest BCUT2D eigenvalue weighted by atomic mass is 10.1. The van der Waals surface area contributed by atoms with Crippen LogP contribution in [0.3, 0.4) is 0 Å². The van der Waals surface area contributed by atoms with Crippen molar-refractivity contribution in [2.24, 2.45) is 0 Å². The molecule has 0 atom stereocenters. The Bertz CT molecular complexity index is 816. The van der Waals surface area contributed by atoms with E-state index in [4.69, 9.17) is 34.8 Å². The molecule has 0 unspecified atom stereocenters. The predicted octanol–water partition coefficient (Wildman–Crippen LogP) is 5.57. The molecule has 0 aliphatic carbocycles. The molecule has 100 valence electrons. The van der Waals surface area contributed by atoms with E-state index in [2.05, 4.69) is 9.97 Å². The lowest BCUT2D eigenvalue weighted by Gasteiger charge is -2.06. The Balaban J connectivity index is 2.21. The summed E-state index contributed by atoms with van der Waals surface area (Å²) in [6.07, 6.45) is 0. The molecule has 20 heavy (non-hydrogen) atoms. The third-order valence-corrected chi connectivity index (χ3v) is 3.97. The number of hydrogen-bond donors (Lipinski definition) is 0. The van der Waals surface area contributed by atoms with Crippen LogP contribution in [0.15, 0.2) is 36.4 Å². The largest absolute Gasteiger partial charge is 0.228 e. The maximum Gasteiger partial charge on any atom is 0.161 e. The van der Waals surface area contributed by atoms with Gasteiger partial charge in [0.1, 0.15) is 5.15 Å². The summed E-state index contributed by atoms with van der Waals surface area (Å²) in [5.74, 6) is 0.548. The molecule has 0 saturated heterocycles. The smallest absolute Gasteiger partial charge is 0.161 e. The Kier molecular flexibility index (Phi) is 3.55. The van der Waals surface area contributed by atoms with Gasteiger partial charge < -0.3 is 0 Å². The molecule has 1 aromatic heterocycles. The van der Waals surface area contributed by atoms with Gasteiger partial charge in [0.15, 0.2) is 5.82 Å². The highest BCUT2D eigenvalue weighted by atomic mass is 35.5. The summed E-state index contributed by atoms with van der Waals surface area (Å²) in [6.45, 7) is 1.95. The normalized spacial score (nSPS) is 11.0. The fourth-order valence-corrected chi connectivity index (χ4v) is 2.51. The lowest BCUT2D eigenvalue weighted by molar-refractivity contribution is 1.22. The molecule has 1 heterocycles. The zero-order valence-corrected chi connectivity index (χ0v) is 12.8. The number of fused-ring (bicyclic) bond motifs is 1. The summed E-state index contributed by atoms with van der Waals surface area (Å²) in [5, 5.41) is 2.40. The monoisotopic (exact) mass is 322 g/mol. The van der Waals surface area contributed by atoms with Crippen molar-refractivity contribution in [2.45, 2.75) is 6.92 Å². The predicted molar refractivity (Wildman–Crippen MR) is 84.7 cm³/mol. The van der Waals surface area contributed by atoms with Gasteiger partial charge in [0, 0.05) is 21.0 Å². The van der Waals surface area contributed by atoms with Gasteiger partial charge in [0.25, 0.3) is 0 Å². The van der Waals surface area contributed by atoms with Gasteiger partial charge in [-0.1, -0.05) is 46.9 Å². The van der Waals surface area contributed by atoms with Crippen LogP contribution in [-0.4, -0.2) is 9.97 Å². The molecule has 5 heteroatoms. The average Bonchev–Trinajstić information content (AvgIpc) is 2.42. The maximum absolute atomic E-state index is 6.21. The molecule has 0 aliphatic rings. The van der Waals surface area contributed by atoms with E-state index in [0.29, 0.717) is 21.0 Å². The second-order valence-electron chi connectivity index (χ2n) is 4.46. The number of aromatic nitrogens is 2. The van der Waals surface area contributed by atoms with E-state index in [0.717, 1.165) is 22.0 Å². The molecule has 0 amide bonds. The van der Waals surface area contributed by atoms with Crippen molar-refractivity contribution in [3.8, 4) is 11.4 Å². The first-order valence-electron chi connectivity index (χ1n) is 5.94. The van der Waals surface area contributed by atoms with Gasteiger partial charge in [0.2, 0.25) is 0 Å². The summed E-state index contributed by atoms with van der Waals surface area (Å²) < 4.78 is 0. The minimum absolute atomic E-state index is 0.379. The van der Waals surface area contributed by atoms with E-state index >= 15 is 0 Å². The molecule has 0 saturated carbocycles. The van der Waals surface area contributed by atoms with Crippen LogP contribution in [0.2, 0.25) is 15.2 Å². The van der Waals surface area contributed by atoms with Crippen LogP contribution in [-0.2, 0) is 0 Å². The lowest BCUT2D eigenvalue weighted by Crippen LogP contribution is -1.92. The fourth-order valence-electron chi connectivity index (χ4n) is 1.92. The van der Waals surface area contributed by atoms with Crippen molar-refractivity contribution in [1.82, 2.24) is 9.97 Å². The molecule has 3 aromatic rings. The van der Waals surface area contributed by atoms with Gasteiger partial charge in [-0.15, -0.1) is 0 Å². The van der Waals surface area contributed by atoms with E-state index < -0.39 is 0 Å². The zero-order chi connectivity index (χ0) is 14.3. The average molecular weight is 324 g/mol. The first-order chi connectivity index (χ1) is 9.54. The molecule has 0 radical (unpaired) electrons. The van der Waals surface area contributed by atoms with E-state index in [9.17, 15) is 0 Å². The Hall–Kier alpha value is -1.35. The second-order valence-corrected chi connectivity index (χ2v) is 5.67. The Labute approximate surface area is 131 Å². The Morgan fingerprint density at radius 3 is 2.45 bits per heavy atom. The fraction of sp³-hybridized carbons (Fsp3) is 0.0667. The molecule has 2 aromatic carbocycles. The highest BCUT2D eigenvalue weighted by Gasteiger charge is 2.09. The minimum atomic E-state index is 0.379. The van der Waals surface area contributed by atoms with E-state index in [1.165, 1.54) is 0 Å². The zero-order valence-electron chi connectivity index (χ0n) is 10.5. The number of nitrogens with zero attached hydrogens (tertiary/aromatic N) is 2. The van der Waals surface area contributed by atoms with Crippen LogP contribution in [0.4, 0.5) is 0 Å². The van der Waals surface area contributed by atoms with Gasteiger partial charge in [-0.3, -0.25) is 0 Å². The number of rotatable bonds is 1. The van der Waals surface area contributed by atoms with Crippen LogP contribution in [0, 0.1) is 6.92 Å². The number of hydrogen-bond acceptors (Lipinski definition) is 2. The van der Waals surface area contributed by atoms with Gasteiger partial charge in [-0.25, -0.2) is 9.97 Å². The van der Waals surface area contributed by atoms with E-state index in [-0.39, 0.29) is 0 Å². The van der Waals surface area contributed by atoms with E-state index in [1.807, 2.05) is 31.2 Å². The highest BCUT2D eigenvalue weighted by molar-refractivity contribution is 6.36. The molecular formula is C15H9Cl3N2. The van der Waals surface area contributed by atoms with Gasteiger partial charge >= 0.3 is 0 Å². The highest BCUT2D eigenvalue weighted by Crippen LogP contribution is 2.28. The van der Waals surface area contributed by atoms with Crippen molar-refractivity contribution in [2.75, 3.05) is 0 Å². The first-order valence-corrected chi connectivity index (χ1v) is 7.07. The van der Waals surface area contributed by atoms with Crippen LogP contribution in [0.5, 0.6) is 0 Å². The van der Waals surface area contributed by atoms with Crippen LogP contribution in [0.1, 0.15) is 5.56 Å². The molecule has 0 fully saturated rings. The SMILES string of the molecule is Cc1ccc(-c2nc(Cl)c3cc(Cl)ccc3n2)cc1Cl. The van der Waals surface area contributed by atoms with Crippen molar-refractivity contribution < 1.29 is 0 Å². The number of halogens is 3. The molecule has 0 spiro atoms. The first kappa shape index (κ1) is 13.6. The van der Waals surface area contributed by atoms with Crippen molar-refractivity contribution >= 4 is 45.7 Å². The maximum atomic E-state index is 6.21. The molecule has 2 nitrogen and oxygen atoms in total. The third kappa shape index (κ3) is 2.47. The van der Waals surface area contributed by atoms with Crippen molar-refractivity contribution in [3.05, 3.63) is 57.2 Å². The number of benzene rings is 2. The van der Waals surface area contributed by atoms with Crippen molar-refractivity contribution in [3.63, 3.8) is 0 Å². The van der Waals surface area contributed by atoms with Gasteiger partial charge in [-0.05, 0) is 36.8 Å². The molecule has 0 aliphatic heterocycles. The molecule has 3 rings (SSSR count). The topological polar surface area (TPSA) is 25.8 Å². The quantitative estimate of drug-likeness (QED) is 0.547. The summed E-state index contributed by atoms with van der Waals surface area (Å²) in [4.78, 5) is 8.83. The van der Waals surface area contributed by atoms with Crippen LogP contribution in [0.25, 0.3) is 22.3 Å². The second kappa shape index (κ2) is 5.21. The van der Waals surface area contributed by atoms with E-state index in [1.54, 1.807) is 12.1 Å². The summed E-state index contributed by atoms with van der Waals surface area (Å²) >= 11 is 18.3. The summed E-state index contributed by atoms with van der Waals surface area (Å²) in [5.41, 5.74) is 2.59. The minimum Gasteiger partial charge on any atom is -0.228 e. The summed E-state index contributed by atoms with van der Waals surface area (Å²) in [7, 11) is 0. The molecule has 0 bridgehead atoms. The molecule has 0 N–H and O–H groups in total. The molecular weight excluding hydrogens is 315 g/mol. The Morgan fingerprint density at radius 1 is 0.900 bits per heavy atom. The van der Waals surface area contributed by atoms with Gasteiger partial charge in [-0.2, -0.15) is 0 Å².